The number of hydrogen-bond acceptors (Lipinski definition) is 4. The van der Waals surface area contributed by atoms with Crippen LogP contribution in [0.1, 0.15) is 0 Å². The van der Waals surface area contributed by atoms with Gasteiger partial charge in [0, 0.05) is 0 Å². The van der Waals surface area contributed by atoms with Gasteiger partial charge in [-0.25, -0.2) is 0 Å². The van der Waals surface area contributed by atoms with Crippen molar-refractivity contribution < 1.29 is 19.4 Å². The Balaban J connectivity index is 0. The maximum atomic E-state index is 8.17. The second kappa shape index (κ2) is 7.53. The van der Waals surface area contributed by atoms with Crippen molar-refractivity contribution in [1.29, 1.82) is 0 Å². The van der Waals surface area contributed by atoms with E-state index in [2.05, 4.69) is 39.3 Å². The van der Waals surface area contributed by atoms with Gasteiger partial charge < -0.3 is 19.4 Å². The molecule has 0 saturated heterocycles. The third-order valence-electron chi connectivity index (χ3n) is 1.03. The molecule has 0 aromatic heterocycles. The van der Waals surface area contributed by atoms with Crippen LogP contribution in [0.2, 0.25) is 39.3 Å². The summed E-state index contributed by atoms with van der Waals surface area (Å²) in [4.78, 5) is 0. The minimum Gasteiger partial charge on any atom is -0.456 e. The summed E-state index contributed by atoms with van der Waals surface area (Å²) in [5, 5.41) is 24.0. The minimum atomic E-state index is -1.23. The van der Waals surface area contributed by atoms with Gasteiger partial charge >= 0.3 is 0 Å². The van der Waals surface area contributed by atoms with Gasteiger partial charge in [-0.05, 0) is 39.3 Å². The van der Waals surface area contributed by atoms with Gasteiger partial charge in [-0.3, -0.25) is 0 Å². The molecular weight excluding hydrogens is 228 g/mol. The predicted molar refractivity (Wildman–Crippen MR) is 68.0 cm³/mol. The fourth-order valence-corrected chi connectivity index (χ4v) is 8.32. The van der Waals surface area contributed by atoms with Crippen molar-refractivity contribution >= 4 is 16.6 Å². The highest BCUT2D eigenvalue weighted by Gasteiger charge is 2.24. The van der Waals surface area contributed by atoms with E-state index in [0.29, 0.717) is 0 Å². The van der Waals surface area contributed by atoms with Crippen molar-refractivity contribution in [2.24, 2.45) is 0 Å². The first-order valence-electron chi connectivity index (χ1n) is 5.12. The summed E-state index contributed by atoms with van der Waals surface area (Å²) < 4.78 is 5.90. The zero-order valence-corrected chi connectivity index (χ0v) is 12.7. The van der Waals surface area contributed by atoms with E-state index in [4.69, 9.17) is 19.4 Å². The Kier molecular flexibility index (Phi) is 8.87. The average Bonchev–Trinajstić information content (AvgIpc) is 1.97. The number of rotatable bonds is 4. The standard InChI is InChI=1S/C6H18OSi2.C3H8O3/c1-8(2,3)7-9(4,5)6;4-1-3(6)2-5/h1-6H3;3-6H,1-2H2. The van der Waals surface area contributed by atoms with Crippen LogP contribution in [0.25, 0.3) is 0 Å². The largest absolute Gasteiger partial charge is 0.456 e. The van der Waals surface area contributed by atoms with Crippen LogP contribution in [-0.2, 0) is 4.12 Å². The molecule has 94 valence electrons. The topological polar surface area (TPSA) is 69.9 Å². The number of aliphatic hydroxyl groups is 3. The molecule has 0 heterocycles. The molecule has 0 aliphatic rings. The zero-order chi connectivity index (χ0) is 12.7. The summed E-state index contributed by atoms with van der Waals surface area (Å²) in [7, 11) is -2.46. The lowest BCUT2D eigenvalue weighted by Gasteiger charge is -2.27. The van der Waals surface area contributed by atoms with Crippen LogP contribution in [-0.4, -0.2) is 51.3 Å². The predicted octanol–water partition coefficient (Wildman–Crippen LogP) is 1.00. The molecule has 0 radical (unpaired) electrons. The van der Waals surface area contributed by atoms with Crippen molar-refractivity contribution in [1.82, 2.24) is 0 Å². The zero-order valence-electron chi connectivity index (χ0n) is 10.7. The molecule has 0 rings (SSSR count). The molecule has 15 heavy (non-hydrogen) atoms. The molecule has 3 N–H and O–H groups in total. The van der Waals surface area contributed by atoms with Gasteiger partial charge in [-0.15, -0.1) is 0 Å². The molecule has 6 heteroatoms. The second-order valence-electron chi connectivity index (χ2n) is 5.35. The van der Waals surface area contributed by atoms with Gasteiger partial charge in [-0.2, -0.15) is 0 Å². The normalized spacial score (nSPS) is 12.4. The van der Waals surface area contributed by atoms with Crippen LogP contribution < -0.4 is 0 Å². The van der Waals surface area contributed by atoms with Crippen molar-refractivity contribution in [3.05, 3.63) is 0 Å². The van der Waals surface area contributed by atoms with E-state index < -0.39 is 22.7 Å². The third-order valence-corrected chi connectivity index (χ3v) is 5.93. The van der Waals surface area contributed by atoms with Crippen LogP contribution in [0, 0.1) is 0 Å². The first kappa shape index (κ1) is 17.7. The first-order valence-corrected chi connectivity index (χ1v) is 11.9. The molecule has 4 nitrogen and oxygen atoms in total. The number of hydrogen-bond donors (Lipinski definition) is 3. The summed E-state index contributed by atoms with van der Waals surface area (Å²) in [5.74, 6) is 0. The Morgan fingerprint density at radius 1 is 0.867 bits per heavy atom. The molecule has 0 atom stereocenters. The second-order valence-corrected chi connectivity index (χ2v) is 14.6. The molecular formula is C9H26O4Si2. The average molecular weight is 254 g/mol. The molecule has 0 fully saturated rings. The molecule has 0 aromatic rings. The van der Waals surface area contributed by atoms with Gasteiger partial charge in [0.05, 0.1) is 13.2 Å². The van der Waals surface area contributed by atoms with E-state index in [1.807, 2.05) is 0 Å². The molecule has 0 aliphatic heterocycles. The molecule has 0 aliphatic carbocycles. The van der Waals surface area contributed by atoms with Gasteiger partial charge in [0.1, 0.15) is 6.10 Å². The lowest BCUT2D eigenvalue weighted by atomic mass is 10.4. The van der Waals surface area contributed by atoms with Gasteiger partial charge in [0.25, 0.3) is 0 Å². The molecule has 0 bridgehead atoms. The monoisotopic (exact) mass is 254 g/mol. The van der Waals surface area contributed by atoms with Crippen LogP contribution in [0.4, 0.5) is 0 Å². The van der Waals surface area contributed by atoms with Crippen LogP contribution in [0.3, 0.4) is 0 Å². The maximum absolute atomic E-state index is 8.17. The molecule has 0 saturated carbocycles. The van der Waals surface area contributed by atoms with Crippen molar-refractivity contribution in [2.45, 2.75) is 45.4 Å². The Hall–Kier alpha value is 0.274. The SMILES string of the molecule is C[Si](C)(C)O[Si](C)(C)C.OCC(O)CO. The Labute approximate surface area is 95.2 Å². The fraction of sp³-hybridized carbons (Fsp3) is 1.00. The minimum absolute atomic E-state index is 0.365. The van der Waals surface area contributed by atoms with E-state index in [1.54, 1.807) is 0 Å². The molecule has 0 amide bonds. The quantitative estimate of drug-likeness (QED) is 0.655. The van der Waals surface area contributed by atoms with Crippen molar-refractivity contribution in [3.63, 3.8) is 0 Å². The van der Waals surface area contributed by atoms with Crippen molar-refractivity contribution in [3.8, 4) is 0 Å². The molecule has 0 aromatic carbocycles. The van der Waals surface area contributed by atoms with Gasteiger partial charge in [0.15, 0.2) is 16.6 Å². The van der Waals surface area contributed by atoms with E-state index in [0.717, 1.165) is 0 Å². The highest BCUT2D eigenvalue weighted by molar-refractivity contribution is 6.83. The fourth-order valence-electron chi connectivity index (χ4n) is 0.976. The highest BCUT2D eigenvalue weighted by atomic mass is 28.4. The Bertz CT molecular complexity index is 135. The highest BCUT2D eigenvalue weighted by Crippen LogP contribution is 2.12. The molecule has 0 spiro atoms. The first-order chi connectivity index (χ1) is 6.52. The van der Waals surface area contributed by atoms with Crippen LogP contribution in [0.5, 0.6) is 0 Å². The Morgan fingerprint density at radius 3 is 1.13 bits per heavy atom. The summed E-state index contributed by atoms with van der Waals surface area (Å²) in [6, 6.07) is 0. The van der Waals surface area contributed by atoms with E-state index >= 15 is 0 Å². The third kappa shape index (κ3) is 20.4. The summed E-state index contributed by atoms with van der Waals surface area (Å²) in [6.45, 7) is 12.7. The van der Waals surface area contributed by atoms with Crippen molar-refractivity contribution in [2.75, 3.05) is 13.2 Å². The summed E-state index contributed by atoms with van der Waals surface area (Å²) in [6.07, 6.45) is -0.954. The lowest BCUT2D eigenvalue weighted by Crippen LogP contribution is -2.39. The summed E-state index contributed by atoms with van der Waals surface area (Å²) >= 11 is 0. The smallest absolute Gasteiger partial charge is 0.170 e. The van der Waals surface area contributed by atoms with E-state index in [9.17, 15) is 0 Å². The van der Waals surface area contributed by atoms with E-state index in [1.165, 1.54) is 0 Å². The Morgan fingerprint density at radius 2 is 1.13 bits per heavy atom. The lowest BCUT2D eigenvalue weighted by molar-refractivity contribution is 0.0450. The summed E-state index contributed by atoms with van der Waals surface area (Å²) in [5.41, 5.74) is 0. The van der Waals surface area contributed by atoms with Gasteiger partial charge in [-0.1, -0.05) is 0 Å². The molecule has 0 unspecified atom stereocenters. The van der Waals surface area contributed by atoms with Crippen LogP contribution >= 0.6 is 0 Å². The van der Waals surface area contributed by atoms with Gasteiger partial charge in [0.2, 0.25) is 0 Å². The van der Waals surface area contributed by atoms with Crippen LogP contribution in [0.15, 0.2) is 0 Å². The number of aliphatic hydroxyl groups excluding tert-OH is 3. The van der Waals surface area contributed by atoms with E-state index in [-0.39, 0.29) is 13.2 Å². The maximum Gasteiger partial charge on any atom is 0.170 e.